The normalized spacial score (nSPS) is 19.1. The van der Waals surface area contributed by atoms with E-state index in [4.69, 9.17) is 11.6 Å². The summed E-state index contributed by atoms with van der Waals surface area (Å²) in [4.78, 5) is 18.9. The highest BCUT2D eigenvalue weighted by molar-refractivity contribution is 8.11. The van der Waals surface area contributed by atoms with E-state index in [-0.39, 0.29) is 18.0 Å². The third kappa shape index (κ3) is 10.8. The Bertz CT molecular complexity index is 937. The van der Waals surface area contributed by atoms with Gasteiger partial charge in [-0.05, 0) is 88.5 Å². The Balaban J connectivity index is 1.80. The molecule has 2 rings (SSSR count). The zero-order chi connectivity index (χ0) is 26.2. The van der Waals surface area contributed by atoms with E-state index < -0.39 is 9.53 Å². The first-order valence-corrected chi connectivity index (χ1v) is 16.3. The molecule has 0 radical (unpaired) electrons. The maximum Gasteiger partial charge on any atom is 0.224 e. The second-order valence-electron chi connectivity index (χ2n) is 10.4. The molecule has 0 saturated carbocycles. The molecule has 2 heterocycles. The summed E-state index contributed by atoms with van der Waals surface area (Å²) < 4.78 is 25.7. The first kappa shape index (κ1) is 30.1. The van der Waals surface area contributed by atoms with Crippen LogP contribution < -0.4 is 5.32 Å². The molecule has 35 heavy (non-hydrogen) atoms. The Morgan fingerprint density at radius 1 is 1.37 bits per heavy atom. The first-order chi connectivity index (χ1) is 16.2. The highest BCUT2D eigenvalue weighted by Crippen LogP contribution is 2.31. The van der Waals surface area contributed by atoms with Crippen LogP contribution in [0.1, 0.15) is 58.9 Å². The predicted molar refractivity (Wildman–Crippen MR) is 151 cm³/mol. The van der Waals surface area contributed by atoms with E-state index in [1.54, 1.807) is 17.4 Å². The summed E-state index contributed by atoms with van der Waals surface area (Å²) in [6.45, 7) is 10.8. The van der Waals surface area contributed by atoms with Crippen molar-refractivity contribution >= 4 is 43.5 Å². The van der Waals surface area contributed by atoms with Gasteiger partial charge >= 0.3 is 0 Å². The number of piperidine rings is 1. The smallest absolute Gasteiger partial charge is 0.224 e. The second-order valence-corrected chi connectivity index (χ2v) is 15.4. The largest absolute Gasteiger partial charge is 0.356 e. The summed E-state index contributed by atoms with van der Waals surface area (Å²) in [5.41, 5.74) is 1.96. The Morgan fingerprint density at radius 2 is 2.03 bits per heavy atom. The van der Waals surface area contributed by atoms with Crippen LogP contribution in [0.4, 0.5) is 0 Å². The van der Waals surface area contributed by atoms with Crippen molar-refractivity contribution in [3.63, 3.8) is 0 Å². The summed E-state index contributed by atoms with van der Waals surface area (Å²) in [5, 5.41) is 7.48. The number of likely N-dealkylation sites (tertiary alicyclic amines) is 1. The van der Waals surface area contributed by atoms with Crippen LogP contribution in [0, 0.1) is 0 Å². The van der Waals surface area contributed by atoms with Crippen LogP contribution >= 0.6 is 22.9 Å². The summed E-state index contributed by atoms with van der Waals surface area (Å²) in [5.74, 6) is -0.0162. The van der Waals surface area contributed by atoms with Crippen molar-refractivity contribution in [3.8, 4) is 0 Å². The minimum absolute atomic E-state index is 0.0162. The van der Waals surface area contributed by atoms with Gasteiger partial charge in [-0.3, -0.25) is 14.3 Å². The number of hydrogen-bond acceptors (Lipinski definition) is 5. The van der Waals surface area contributed by atoms with Crippen LogP contribution in [0.25, 0.3) is 0 Å². The molecule has 0 unspecified atom stereocenters. The molecule has 0 bridgehead atoms. The molecule has 0 aliphatic carbocycles. The van der Waals surface area contributed by atoms with E-state index in [9.17, 15) is 13.6 Å². The lowest BCUT2D eigenvalue weighted by Gasteiger charge is -2.51. The fourth-order valence-electron chi connectivity index (χ4n) is 4.37. The van der Waals surface area contributed by atoms with Crippen molar-refractivity contribution in [2.75, 3.05) is 32.1 Å². The van der Waals surface area contributed by atoms with Crippen LogP contribution in [-0.2, 0) is 20.9 Å². The van der Waals surface area contributed by atoms with Gasteiger partial charge in [0, 0.05) is 50.1 Å². The minimum Gasteiger partial charge on any atom is -0.356 e. The third-order valence-corrected chi connectivity index (χ3v) is 8.89. The van der Waals surface area contributed by atoms with Gasteiger partial charge in [0.05, 0.1) is 0 Å². The number of allylic oxidation sites excluding steroid dienone is 1. The average Bonchev–Trinajstić information content (AvgIpc) is 3.23. The van der Waals surface area contributed by atoms with Crippen LogP contribution in [0.5, 0.6) is 0 Å². The van der Waals surface area contributed by atoms with E-state index >= 15 is 0 Å². The number of aliphatic imine (C=N–C) groups is 1. The van der Waals surface area contributed by atoms with Gasteiger partial charge in [0.1, 0.15) is 5.17 Å². The molecule has 1 saturated heterocycles. The molecule has 0 spiro atoms. The number of hydrogen-bond donors (Lipinski definition) is 2. The number of rotatable bonds is 12. The van der Waals surface area contributed by atoms with Crippen LogP contribution in [0.15, 0.2) is 33.5 Å². The highest BCUT2D eigenvalue weighted by Gasteiger charge is 2.35. The molecule has 7 nitrogen and oxygen atoms in total. The quantitative estimate of drug-likeness (QED) is 0.370. The van der Waals surface area contributed by atoms with Gasteiger partial charge in [-0.25, -0.2) is 4.31 Å². The SMILES string of the molecule is C/C(=C/C(Cl)=NC(C)C)CC(=O)NCC[C@@H](C)N1CCC(N(Cc2ccsc2)S(C)(C)(=O)O)CC1. The number of nitrogens with one attached hydrogen (secondary N) is 1. The van der Waals surface area contributed by atoms with E-state index in [2.05, 4.69) is 22.1 Å². The molecule has 2 N–H and O–H groups in total. The van der Waals surface area contributed by atoms with Gasteiger partial charge in [0.2, 0.25) is 5.91 Å². The monoisotopic (exact) mass is 546 g/mol. The zero-order valence-corrected chi connectivity index (χ0v) is 24.4. The summed E-state index contributed by atoms with van der Waals surface area (Å²) in [6, 6.07) is 2.53. The maximum absolute atomic E-state index is 13.1. The minimum atomic E-state index is -3.85. The van der Waals surface area contributed by atoms with Crippen molar-refractivity contribution in [1.82, 2.24) is 14.5 Å². The van der Waals surface area contributed by atoms with Crippen molar-refractivity contribution in [3.05, 3.63) is 34.0 Å². The van der Waals surface area contributed by atoms with Crippen LogP contribution in [0.2, 0.25) is 0 Å². The van der Waals surface area contributed by atoms with Gasteiger partial charge in [-0.2, -0.15) is 15.5 Å². The molecule has 1 atom stereocenters. The van der Waals surface area contributed by atoms with Gasteiger partial charge in [0.25, 0.3) is 0 Å². The van der Waals surface area contributed by atoms with E-state index in [0.717, 1.165) is 43.5 Å². The number of amides is 1. The Labute approximate surface area is 220 Å². The Morgan fingerprint density at radius 3 is 2.57 bits per heavy atom. The number of thiophene rings is 1. The Kier molecular flexibility index (Phi) is 11.1. The number of carbonyl (C=O) groups excluding carboxylic acids is 1. The number of nitrogens with zero attached hydrogens (tertiary/aromatic N) is 3. The topological polar surface area (TPSA) is 85.2 Å². The molecule has 1 amide bonds. The molecule has 0 aromatic carbocycles. The molecule has 1 aliphatic heterocycles. The van der Waals surface area contributed by atoms with Crippen LogP contribution in [0.3, 0.4) is 0 Å². The van der Waals surface area contributed by atoms with Crippen LogP contribution in [-0.4, -0.2) is 79.3 Å². The lowest BCUT2D eigenvalue weighted by Crippen LogP contribution is -2.56. The Hall–Kier alpha value is -1.10. The first-order valence-electron chi connectivity index (χ1n) is 12.3. The fourth-order valence-corrected chi connectivity index (χ4v) is 6.99. The lowest BCUT2D eigenvalue weighted by atomic mass is 10.0. The van der Waals surface area contributed by atoms with Crippen molar-refractivity contribution in [2.45, 2.75) is 78.0 Å². The van der Waals surface area contributed by atoms with Gasteiger partial charge < -0.3 is 10.2 Å². The van der Waals surface area contributed by atoms with E-state index in [0.29, 0.717) is 30.7 Å². The lowest BCUT2D eigenvalue weighted by molar-refractivity contribution is -0.120. The molecule has 10 heteroatoms. The molecule has 1 aromatic rings. The van der Waals surface area contributed by atoms with Crippen molar-refractivity contribution in [2.24, 2.45) is 4.99 Å². The average molecular weight is 547 g/mol. The fraction of sp³-hybridized carbons (Fsp3) is 0.680. The van der Waals surface area contributed by atoms with Crippen molar-refractivity contribution < 1.29 is 13.6 Å². The maximum atomic E-state index is 13.1. The third-order valence-electron chi connectivity index (χ3n) is 6.19. The summed E-state index contributed by atoms with van der Waals surface area (Å²) in [7, 11) is -3.85. The van der Waals surface area contributed by atoms with E-state index in [1.807, 2.05) is 41.9 Å². The van der Waals surface area contributed by atoms with Gasteiger partial charge in [-0.1, -0.05) is 17.2 Å². The number of carbonyl (C=O) groups is 1. The molecular formula is C25H43ClN4O3S2. The predicted octanol–water partition coefficient (Wildman–Crippen LogP) is 4.76. The molecular weight excluding hydrogens is 504 g/mol. The van der Waals surface area contributed by atoms with Crippen molar-refractivity contribution in [1.29, 1.82) is 0 Å². The number of halogens is 1. The standard InChI is InChI=1S/C25H43ClN4O3S2/c1-19(2)28-24(26)15-20(3)16-25(31)27-11-7-21(4)29-12-8-23(9-13-29)30(35(5,6,32)33)17-22-10-14-34-18-22/h10,14-15,18-19,21,23H,7-9,11-13,16-17H2,1-6H3,(H,27,31)(H,32,33)/b20-15-,28-24?/t21-/m1/s1. The van der Waals surface area contributed by atoms with E-state index in [1.165, 1.54) is 12.5 Å². The molecule has 1 aromatic heterocycles. The van der Waals surface area contributed by atoms with Gasteiger partial charge in [-0.15, -0.1) is 9.53 Å². The summed E-state index contributed by atoms with van der Waals surface area (Å²) in [6.07, 6.45) is 7.53. The summed E-state index contributed by atoms with van der Waals surface area (Å²) >= 11 is 7.70. The molecule has 200 valence electrons. The zero-order valence-electron chi connectivity index (χ0n) is 22.0. The molecule has 1 aliphatic rings. The molecule has 1 fully saturated rings. The van der Waals surface area contributed by atoms with Gasteiger partial charge in [0.15, 0.2) is 0 Å². The second kappa shape index (κ2) is 12.9. The highest BCUT2D eigenvalue weighted by atomic mass is 35.5.